The summed E-state index contributed by atoms with van der Waals surface area (Å²) >= 11 is 5.88. The van der Waals surface area contributed by atoms with Crippen LogP contribution in [0.25, 0.3) is 11.3 Å². The van der Waals surface area contributed by atoms with Crippen molar-refractivity contribution in [3.63, 3.8) is 0 Å². The van der Waals surface area contributed by atoms with E-state index in [0.29, 0.717) is 27.8 Å². The first-order valence-corrected chi connectivity index (χ1v) is 7.91. The van der Waals surface area contributed by atoms with Gasteiger partial charge in [-0.3, -0.25) is 4.79 Å². The molecule has 3 rings (SSSR count). The predicted molar refractivity (Wildman–Crippen MR) is 97.0 cm³/mol. The van der Waals surface area contributed by atoms with Gasteiger partial charge in [0.1, 0.15) is 23.2 Å². The zero-order valence-corrected chi connectivity index (χ0v) is 14.4. The number of pyridine rings is 1. The van der Waals surface area contributed by atoms with Crippen molar-refractivity contribution in [1.29, 1.82) is 5.26 Å². The van der Waals surface area contributed by atoms with Crippen molar-refractivity contribution >= 4 is 17.8 Å². The number of aryl methyl sites for hydroxylation is 2. The fourth-order valence-electron chi connectivity index (χ4n) is 2.47. The molecule has 0 N–H and O–H groups in total. The van der Waals surface area contributed by atoms with E-state index >= 15 is 0 Å². The normalized spacial score (nSPS) is 11.0. The van der Waals surface area contributed by atoms with Crippen LogP contribution in [-0.4, -0.2) is 10.9 Å². The lowest BCUT2D eigenvalue weighted by Gasteiger charge is -2.05. The average molecular weight is 352 g/mol. The first-order chi connectivity index (χ1) is 12.0. The minimum atomic E-state index is -0.444. The van der Waals surface area contributed by atoms with Gasteiger partial charge in [0.25, 0.3) is 5.56 Å². The Labute approximate surface area is 149 Å². The third-order valence-electron chi connectivity index (χ3n) is 3.73. The quantitative estimate of drug-likeness (QED) is 0.666. The molecular formula is C19H14ClN3O2. The second-order valence-corrected chi connectivity index (χ2v) is 5.96. The molecule has 5 nitrogen and oxygen atoms in total. The van der Waals surface area contributed by atoms with Gasteiger partial charge in [-0.2, -0.15) is 10.4 Å². The molecule has 3 aromatic rings. The van der Waals surface area contributed by atoms with Crippen molar-refractivity contribution in [1.82, 2.24) is 4.68 Å². The lowest BCUT2D eigenvalue weighted by molar-refractivity contribution is 0.574. The standard InChI is InChI=1S/C19H14ClN3O2/c1-12-9-13(2)23(19(24)17(12)10-21)22-11-16-7-8-18(25-16)14-3-5-15(20)6-4-14/h3-9,11H,1-2H3. The van der Waals surface area contributed by atoms with Crippen molar-refractivity contribution in [2.75, 3.05) is 0 Å². The molecule has 2 heterocycles. The van der Waals surface area contributed by atoms with Crippen LogP contribution >= 0.6 is 11.6 Å². The van der Waals surface area contributed by atoms with Crippen LogP contribution in [0.2, 0.25) is 5.02 Å². The predicted octanol–water partition coefficient (Wildman–Crippen LogP) is 4.13. The Bertz CT molecular complexity index is 1050. The van der Waals surface area contributed by atoms with E-state index in [4.69, 9.17) is 21.3 Å². The van der Waals surface area contributed by atoms with Gasteiger partial charge in [-0.25, -0.2) is 4.68 Å². The Morgan fingerprint density at radius 2 is 1.92 bits per heavy atom. The van der Waals surface area contributed by atoms with E-state index in [1.807, 2.05) is 24.3 Å². The van der Waals surface area contributed by atoms with Crippen molar-refractivity contribution in [3.05, 3.63) is 80.4 Å². The molecular weight excluding hydrogens is 338 g/mol. The van der Waals surface area contributed by atoms with Crippen LogP contribution in [0.1, 0.15) is 22.6 Å². The van der Waals surface area contributed by atoms with Crippen molar-refractivity contribution in [2.24, 2.45) is 5.10 Å². The lowest BCUT2D eigenvalue weighted by atomic mass is 10.1. The third-order valence-corrected chi connectivity index (χ3v) is 3.98. The summed E-state index contributed by atoms with van der Waals surface area (Å²) in [6.07, 6.45) is 1.45. The van der Waals surface area contributed by atoms with E-state index in [2.05, 4.69) is 5.10 Å². The topological polar surface area (TPSA) is 71.3 Å². The molecule has 0 spiro atoms. The zero-order chi connectivity index (χ0) is 18.0. The van der Waals surface area contributed by atoms with Crippen molar-refractivity contribution < 1.29 is 4.42 Å². The van der Waals surface area contributed by atoms with E-state index in [1.54, 1.807) is 38.1 Å². The van der Waals surface area contributed by atoms with Crippen LogP contribution in [0.5, 0.6) is 0 Å². The molecule has 0 radical (unpaired) electrons. The van der Waals surface area contributed by atoms with Gasteiger partial charge < -0.3 is 4.42 Å². The van der Waals surface area contributed by atoms with Gasteiger partial charge in [0.2, 0.25) is 0 Å². The van der Waals surface area contributed by atoms with Crippen LogP contribution in [0.3, 0.4) is 0 Å². The largest absolute Gasteiger partial charge is 0.455 e. The van der Waals surface area contributed by atoms with Gasteiger partial charge >= 0.3 is 0 Å². The summed E-state index contributed by atoms with van der Waals surface area (Å²) < 4.78 is 6.91. The monoisotopic (exact) mass is 351 g/mol. The van der Waals surface area contributed by atoms with E-state index < -0.39 is 5.56 Å². The molecule has 0 saturated heterocycles. The molecule has 0 amide bonds. The van der Waals surface area contributed by atoms with E-state index in [1.165, 1.54) is 10.9 Å². The van der Waals surface area contributed by atoms with Crippen LogP contribution in [0.15, 0.2) is 56.8 Å². The molecule has 0 aliphatic carbocycles. The molecule has 0 saturated carbocycles. The number of benzene rings is 1. The van der Waals surface area contributed by atoms with Gasteiger partial charge in [0, 0.05) is 16.3 Å². The fraction of sp³-hybridized carbons (Fsp3) is 0.105. The number of hydrogen-bond acceptors (Lipinski definition) is 4. The van der Waals surface area contributed by atoms with E-state index in [-0.39, 0.29) is 5.56 Å². The molecule has 2 aromatic heterocycles. The molecule has 25 heavy (non-hydrogen) atoms. The molecule has 0 unspecified atom stereocenters. The third kappa shape index (κ3) is 3.39. The van der Waals surface area contributed by atoms with Gasteiger partial charge in [-0.05, 0) is 61.9 Å². The maximum absolute atomic E-state index is 12.3. The van der Waals surface area contributed by atoms with Gasteiger partial charge in [-0.15, -0.1) is 0 Å². The van der Waals surface area contributed by atoms with Crippen LogP contribution < -0.4 is 5.56 Å². The smallest absolute Gasteiger partial charge is 0.289 e. The van der Waals surface area contributed by atoms with Crippen LogP contribution in [-0.2, 0) is 0 Å². The highest BCUT2D eigenvalue weighted by Crippen LogP contribution is 2.23. The Kier molecular flexibility index (Phi) is 4.55. The van der Waals surface area contributed by atoms with E-state index in [0.717, 1.165) is 5.56 Å². The number of aromatic nitrogens is 1. The van der Waals surface area contributed by atoms with E-state index in [9.17, 15) is 4.79 Å². The first-order valence-electron chi connectivity index (χ1n) is 7.53. The molecule has 0 fully saturated rings. The summed E-state index contributed by atoms with van der Waals surface area (Å²) in [5, 5.41) is 13.9. The summed E-state index contributed by atoms with van der Waals surface area (Å²) in [4.78, 5) is 12.3. The first kappa shape index (κ1) is 16.7. The molecule has 124 valence electrons. The highest BCUT2D eigenvalue weighted by atomic mass is 35.5. The molecule has 0 atom stereocenters. The minimum Gasteiger partial charge on any atom is -0.455 e. The van der Waals surface area contributed by atoms with Gasteiger partial charge in [-0.1, -0.05) is 11.6 Å². The number of hydrogen-bond donors (Lipinski definition) is 0. The summed E-state index contributed by atoms with van der Waals surface area (Å²) in [7, 11) is 0. The SMILES string of the molecule is Cc1cc(C)n(N=Cc2ccc(-c3ccc(Cl)cc3)o2)c(=O)c1C#N. The number of halogens is 1. The zero-order valence-electron chi connectivity index (χ0n) is 13.7. The maximum Gasteiger partial charge on any atom is 0.289 e. The van der Waals surface area contributed by atoms with Crippen molar-refractivity contribution in [3.8, 4) is 17.4 Å². The Balaban J connectivity index is 1.93. The number of nitriles is 1. The second kappa shape index (κ2) is 6.80. The minimum absolute atomic E-state index is 0.0871. The molecule has 0 aliphatic rings. The lowest BCUT2D eigenvalue weighted by Crippen LogP contribution is -2.22. The fourth-order valence-corrected chi connectivity index (χ4v) is 2.59. The molecule has 6 heteroatoms. The Morgan fingerprint density at radius 3 is 2.60 bits per heavy atom. The Hall–Kier alpha value is -3.10. The maximum atomic E-state index is 12.3. The van der Waals surface area contributed by atoms with Gasteiger partial charge in [0.15, 0.2) is 0 Å². The molecule has 1 aromatic carbocycles. The Morgan fingerprint density at radius 1 is 1.20 bits per heavy atom. The number of furan rings is 1. The number of rotatable bonds is 3. The van der Waals surface area contributed by atoms with Crippen LogP contribution in [0.4, 0.5) is 0 Å². The van der Waals surface area contributed by atoms with Crippen molar-refractivity contribution in [2.45, 2.75) is 13.8 Å². The summed E-state index contributed by atoms with van der Waals surface area (Å²) in [6, 6.07) is 14.5. The van der Waals surface area contributed by atoms with Gasteiger partial charge in [0.05, 0.1) is 6.21 Å². The molecule has 0 aliphatic heterocycles. The number of nitrogens with zero attached hydrogens (tertiary/aromatic N) is 3. The van der Waals surface area contributed by atoms with Crippen LogP contribution in [0, 0.1) is 25.2 Å². The highest BCUT2D eigenvalue weighted by molar-refractivity contribution is 6.30. The molecule has 0 bridgehead atoms. The summed E-state index contributed by atoms with van der Waals surface area (Å²) in [5.74, 6) is 1.17. The summed E-state index contributed by atoms with van der Waals surface area (Å²) in [6.45, 7) is 3.49. The average Bonchev–Trinajstić information content (AvgIpc) is 3.04. The summed E-state index contributed by atoms with van der Waals surface area (Å²) in [5.41, 5.74) is 1.81. The second-order valence-electron chi connectivity index (χ2n) is 5.53. The highest BCUT2D eigenvalue weighted by Gasteiger charge is 2.09.